The molecule has 0 aliphatic carbocycles. The Morgan fingerprint density at radius 1 is 0.737 bits per heavy atom. The summed E-state index contributed by atoms with van der Waals surface area (Å²) < 4.78 is 14.9. The Morgan fingerprint density at radius 3 is 2.00 bits per heavy atom. The molecule has 0 aromatic carbocycles. The highest BCUT2D eigenvalue weighted by molar-refractivity contribution is 4.87. The van der Waals surface area contributed by atoms with Gasteiger partial charge in [0.05, 0.1) is 13.2 Å². The third-order valence-corrected chi connectivity index (χ3v) is 3.20. The molecule has 2 fully saturated rings. The molecule has 112 valence electrons. The highest BCUT2D eigenvalue weighted by atomic mass is 16.7. The quantitative estimate of drug-likeness (QED) is 0.297. The first-order chi connectivity index (χ1) is 8.91. The molecular weight excluding hydrogens is 264 g/mol. The van der Waals surface area contributed by atoms with Gasteiger partial charge in [0.1, 0.15) is 36.6 Å². The lowest BCUT2D eigenvalue weighted by atomic mass is 10.0. The number of hydrogen-bond acceptors (Lipinski definition) is 9. The van der Waals surface area contributed by atoms with Gasteiger partial charge in [0.25, 0.3) is 0 Å². The van der Waals surface area contributed by atoms with Gasteiger partial charge in [-0.1, -0.05) is 0 Å². The molecule has 2 aliphatic rings. The van der Waals surface area contributed by atoms with Crippen LogP contribution in [0.5, 0.6) is 0 Å². The van der Waals surface area contributed by atoms with Gasteiger partial charge in [-0.05, 0) is 0 Å². The zero-order chi connectivity index (χ0) is 14.2. The molecule has 2 heterocycles. The topological polar surface area (TPSA) is 149 Å². The van der Waals surface area contributed by atoms with Gasteiger partial charge in [0, 0.05) is 0 Å². The Bertz CT molecular complexity index is 301. The van der Waals surface area contributed by atoms with Gasteiger partial charge in [-0.2, -0.15) is 0 Å². The zero-order valence-corrected chi connectivity index (χ0v) is 9.94. The van der Waals surface area contributed by atoms with Gasteiger partial charge in [0.15, 0.2) is 12.6 Å². The van der Waals surface area contributed by atoms with Crippen molar-refractivity contribution in [3.8, 4) is 0 Å². The normalized spacial score (nSPS) is 52.1. The fraction of sp³-hybridized carbons (Fsp3) is 1.00. The van der Waals surface area contributed by atoms with Crippen LogP contribution in [0.4, 0.5) is 0 Å². The van der Waals surface area contributed by atoms with Crippen molar-refractivity contribution in [3.63, 3.8) is 0 Å². The minimum atomic E-state index is -1.55. The van der Waals surface area contributed by atoms with E-state index in [2.05, 4.69) is 0 Å². The van der Waals surface area contributed by atoms with Crippen LogP contribution < -0.4 is 0 Å². The van der Waals surface area contributed by atoms with Crippen LogP contribution in [-0.2, 0) is 14.2 Å². The van der Waals surface area contributed by atoms with E-state index in [1.54, 1.807) is 0 Å². The maximum Gasteiger partial charge on any atom is 0.186 e. The monoisotopic (exact) mass is 282 g/mol. The van der Waals surface area contributed by atoms with Crippen LogP contribution in [-0.4, -0.2) is 93.1 Å². The minimum absolute atomic E-state index is 0.252. The molecule has 19 heavy (non-hydrogen) atoms. The third kappa shape index (κ3) is 3.05. The van der Waals surface area contributed by atoms with E-state index >= 15 is 0 Å². The highest BCUT2D eigenvalue weighted by Crippen LogP contribution is 2.23. The first-order valence-corrected chi connectivity index (χ1v) is 5.89. The average molecular weight is 282 g/mol. The second kappa shape index (κ2) is 5.95. The van der Waals surface area contributed by atoms with Crippen LogP contribution in [0.1, 0.15) is 0 Å². The predicted octanol–water partition coefficient (Wildman–Crippen LogP) is -4.12. The number of aliphatic hydroxyl groups excluding tert-OH is 6. The highest BCUT2D eigenvalue weighted by Gasteiger charge is 2.45. The molecule has 0 radical (unpaired) electrons. The van der Waals surface area contributed by atoms with Crippen molar-refractivity contribution < 1.29 is 44.8 Å². The molecule has 0 bridgehead atoms. The number of hydrogen-bond donors (Lipinski definition) is 6. The number of aliphatic hydroxyl groups is 6. The summed E-state index contributed by atoms with van der Waals surface area (Å²) in [4.78, 5) is 0. The standard InChI is InChI=1S/C10H18O9/c11-3-2-18-10(7(15)5(3)13)19-8-6(14)4(12)1-17-9(8)16/h3-16H,1-2H2/t3-,4-,5+,6-,7-,8-,9+,10+/m1/s1. The molecule has 9 nitrogen and oxygen atoms in total. The summed E-state index contributed by atoms with van der Waals surface area (Å²) in [5, 5.41) is 57.0. The summed E-state index contributed by atoms with van der Waals surface area (Å²) in [7, 11) is 0. The largest absolute Gasteiger partial charge is 0.388 e. The van der Waals surface area contributed by atoms with Gasteiger partial charge >= 0.3 is 0 Å². The summed E-state index contributed by atoms with van der Waals surface area (Å²) in [6.07, 6.45) is -11.2. The van der Waals surface area contributed by atoms with Gasteiger partial charge < -0.3 is 44.8 Å². The number of ether oxygens (including phenoxy) is 3. The van der Waals surface area contributed by atoms with E-state index in [9.17, 15) is 30.6 Å². The fourth-order valence-electron chi connectivity index (χ4n) is 1.98. The first kappa shape index (κ1) is 15.0. The van der Waals surface area contributed by atoms with Crippen LogP contribution in [0.2, 0.25) is 0 Å². The van der Waals surface area contributed by atoms with E-state index in [-0.39, 0.29) is 13.2 Å². The smallest absolute Gasteiger partial charge is 0.186 e. The molecule has 0 saturated carbocycles. The van der Waals surface area contributed by atoms with E-state index in [4.69, 9.17) is 14.2 Å². The van der Waals surface area contributed by atoms with Crippen molar-refractivity contribution in [3.05, 3.63) is 0 Å². The van der Waals surface area contributed by atoms with Crippen molar-refractivity contribution in [2.24, 2.45) is 0 Å². The molecular formula is C10H18O9. The molecule has 0 aromatic heterocycles. The second-order valence-electron chi connectivity index (χ2n) is 4.63. The predicted molar refractivity (Wildman–Crippen MR) is 56.6 cm³/mol. The van der Waals surface area contributed by atoms with E-state index in [1.165, 1.54) is 0 Å². The molecule has 0 amide bonds. The molecule has 0 aromatic rings. The molecule has 6 N–H and O–H groups in total. The van der Waals surface area contributed by atoms with Crippen molar-refractivity contribution in [2.75, 3.05) is 13.2 Å². The molecule has 8 atom stereocenters. The molecule has 2 aliphatic heterocycles. The molecule has 9 heteroatoms. The maximum atomic E-state index is 9.68. The summed E-state index contributed by atoms with van der Waals surface area (Å²) in [5.41, 5.74) is 0. The first-order valence-electron chi connectivity index (χ1n) is 5.89. The van der Waals surface area contributed by atoms with Crippen LogP contribution in [0.3, 0.4) is 0 Å². The Hall–Kier alpha value is -0.360. The average Bonchev–Trinajstić information content (AvgIpc) is 2.39. The Balaban J connectivity index is 1.99. The minimum Gasteiger partial charge on any atom is -0.388 e. The molecule has 0 unspecified atom stereocenters. The SMILES string of the molecule is O[C@@H]1[C@@H](O)[C@H](O[C@@H]2[C@H](O)[C@H](O)CO[C@@H]2O)OC[C@H]1O. The van der Waals surface area contributed by atoms with Crippen LogP contribution >= 0.6 is 0 Å². The molecule has 2 rings (SSSR count). The Labute approximate surface area is 108 Å². The Morgan fingerprint density at radius 2 is 1.32 bits per heavy atom. The summed E-state index contributed by atoms with van der Waals surface area (Å²) >= 11 is 0. The zero-order valence-electron chi connectivity index (χ0n) is 9.94. The van der Waals surface area contributed by atoms with Crippen molar-refractivity contribution >= 4 is 0 Å². The third-order valence-electron chi connectivity index (χ3n) is 3.20. The van der Waals surface area contributed by atoms with Gasteiger partial charge in [-0.25, -0.2) is 0 Å². The van der Waals surface area contributed by atoms with E-state index in [1.807, 2.05) is 0 Å². The van der Waals surface area contributed by atoms with Crippen molar-refractivity contribution in [2.45, 2.75) is 49.2 Å². The van der Waals surface area contributed by atoms with E-state index in [0.717, 1.165) is 0 Å². The summed E-state index contributed by atoms with van der Waals surface area (Å²) in [5.74, 6) is 0. The van der Waals surface area contributed by atoms with Crippen LogP contribution in [0.25, 0.3) is 0 Å². The van der Waals surface area contributed by atoms with Crippen LogP contribution in [0.15, 0.2) is 0 Å². The van der Waals surface area contributed by atoms with Gasteiger partial charge in [-0.3, -0.25) is 0 Å². The second-order valence-corrected chi connectivity index (χ2v) is 4.63. The van der Waals surface area contributed by atoms with Crippen molar-refractivity contribution in [1.29, 1.82) is 0 Å². The van der Waals surface area contributed by atoms with E-state index < -0.39 is 49.2 Å². The van der Waals surface area contributed by atoms with Crippen molar-refractivity contribution in [1.82, 2.24) is 0 Å². The lowest BCUT2D eigenvalue weighted by Crippen LogP contribution is -2.60. The summed E-state index contributed by atoms with van der Waals surface area (Å²) in [6, 6.07) is 0. The number of rotatable bonds is 2. The lowest BCUT2D eigenvalue weighted by Gasteiger charge is -2.41. The van der Waals surface area contributed by atoms with Gasteiger partial charge in [0.2, 0.25) is 0 Å². The van der Waals surface area contributed by atoms with E-state index in [0.29, 0.717) is 0 Å². The Kier molecular flexibility index (Phi) is 4.71. The molecule has 2 saturated heterocycles. The fourth-order valence-corrected chi connectivity index (χ4v) is 1.98. The molecule has 0 spiro atoms. The maximum absolute atomic E-state index is 9.68. The van der Waals surface area contributed by atoms with Crippen LogP contribution in [0, 0.1) is 0 Å². The lowest BCUT2D eigenvalue weighted by molar-refractivity contribution is -0.336. The van der Waals surface area contributed by atoms with Gasteiger partial charge in [-0.15, -0.1) is 0 Å². The summed E-state index contributed by atoms with van der Waals surface area (Å²) in [6.45, 7) is -0.525.